The fourth-order valence-electron chi connectivity index (χ4n) is 1.97. The second-order valence-corrected chi connectivity index (χ2v) is 4.66. The predicted molar refractivity (Wildman–Crippen MR) is 76.7 cm³/mol. The van der Waals surface area contributed by atoms with E-state index in [1.165, 1.54) is 25.6 Å². The van der Waals surface area contributed by atoms with Crippen molar-refractivity contribution >= 4 is 11.9 Å². The zero-order chi connectivity index (χ0) is 16.1. The van der Waals surface area contributed by atoms with Crippen LogP contribution in [0.3, 0.4) is 0 Å². The van der Waals surface area contributed by atoms with Crippen molar-refractivity contribution in [2.24, 2.45) is 0 Å². The molecule has 116 valence electrons. The molecular formula is C15H16N2O5. The summed E-state index contributed by atoms with van der Waals surface area (Å²) in [6.07, 6.45) is 2.72. The molecule has 1 unspecified atom stereocenters. The van der Waals surface area contributed by atoms with Gasteiger partial charge >= 0.3 is 5.97 Å². The molecule has 2 rings (SSSR count). The maximum absolute atomic E-state index is 12.4. The number of carboxylic acids is 1. The first-order chi connectivity index (χ1) is 10.5. The second-order valence-electron chi connectivity index (χ2n) is 4.66. The smallest absolute Gasteiger partial charge is 0.337 e. The van der Waals surface area contributed by atoms with Gasteiger partial charge in [0.25, 0.3) is 5.91 Å². The Balaban J connectivity index is 2.23. The molecule has 1 atom stereocenters. The summed E-state index contributed by atoms with van der Waals surface area (Å²) in [6.45, 7) is 1.86. The van der Waals surface area contributed by atoms with E-state index >= 15 is 0 Å². The molecule has 2 heterocycles. The molecule has 0 aliphatic heterocycles. The largest absolute Gasteiger partial charge is 0.478 e. The number of aromatic nitrogens is 1. The summed E-state index contributed by atoms with van der Waals surface area (Å²) in [5.74, 6) is -1.03. The highest BCUT2D eigenvalue weighted by atomic mass is 16.5. The van der Waals surface area contributed by atoms with Gasteiger partial charge in [-0.15, -0.1) is 0 Å². The molecule has 0 aromatic carbocycles. The highest BCUT2D eigenvalue weighted by Gasteiger charge is 2.20. The number of nitrogens with zero attached hydrogens (tertiary/aromatic N) is 1. The summed E-state index contributed by atoms with van der Waals surface area (Å²) in [5.41, 5.74) is 0.600. The Kier molecular flexibility index (Phi) is 4.90. The van der Waals surface area contributed by atoms with Gasteiger partial charge in [-0.3, -0.25) is 9.78 Å². The number of carboxylic acid groups (broad SMARTS) is 1. The number of hydrogen-bond acceptors (Lipinski definition) is 5. The van der Waals surface area contributed by atoms with Crippen LogP contribution in [0.25, 0.3) is 0 Å². The third-order valence-electron chi connectivity index (χ3n) is 3.10. The lowest BCUT2D eigenvalue weighted by molar-refractivity contribution is 0.0696. The van der Waals surface area contributed by atoms with E-state index < -0.39 is 17.9 Å². The normalized spacial score (nSPS) is 11.9. The first kappa shape index (κ1) is 15.7. The van der Waals surface area contributed by atoms with E-state index in [0.29, 0.717) is 11.5 Å². The Morgan fingerprint density at radius 3 is 2.86 bits per heavy atom. The summed E-state index contributed by atoms with van der Waals surface area (Å²) in [7, 11) is 1.51. The summed E-state index contributed by atoms with van der Waals surface area (Å²) >= 11 is 0. The quantitative estimate of drug-likeness (QED) is 0.843. The minimum Gasteiger partial charge on any atom is -0.478 e. The SMILES string of the molecule is COCC(NC(=O)c1cc(C(=O)O)cnc1C)c1ccco1. The summed E-state index contributed by atoms with van der Waals surface area (Å²) in [6, 6.07) is 4.26. The van der Waals surface area contributed by atoms with Crippen LogP contribution in [0.1, 0.15) is 38.2 Å². The number of pyridine rings is 1. The average Bonchev–Trinajstić information content (AvgIpc) is 3.01. The topological polar surface area (TPSA) is 102 Å². The Bertz CT molecular complexity index is 667. The lowest BCUT2D eigenvalue weighted by Gasteiger charge is -2.16. The molecule has 0 aliphatic carbocycles. The van der Waals surface area contributed by atoms with Crippen molar-refractivity contribution < 1.29 is 23.8 Å². The fourth-order valence-corrected chi connectivity index (χ4v) is 1.97. The Labute approximate surface area is 126 Å². The minimum absolute atomic E-state index is 0.0444. The first-order valence-corrected chi connectivity index (χ1v) is 6.56. The van der Waals surface area contributed by atoms with E-state index in [-0.39, 0.29) is 17.7 Å². The first-order valence-electron chi connectivity index (χ1n) is 6.56. The molecule has 22 heavy (non-hydrogen) atoms. The molecule has 0 aliphatic rings. The van der Waals surface area contributed by atoms with Crippen molar-refractivity contribution in [3.8, 4) is 0 Å². The summed E-state index contributed by atoms with van der Waals surface area (Å²) < 4.78 is 10.3. The molecule has 2 aromatic rings. The van der Waals surface area contributed by atoms with Crippen LogP contribution in [-0.2, 0) is 4.74 Å². The minimum atomic E-state index is -1.14. The number of aromatic carboxylic acids is 1. The number of rotatable bonds is 6. The number of carbonyl (C=O) groups is 2. The Morgan fingerprint density at radius 1 is 1.50 bits per heavy atom. The van der Waals surface area contributed by atoms with Crippen molar-refractivity contribution in [1.29, 1.82) is 0 Å². The third kappa shape index (κ3) is 3.50. The van der Waals surface area contributed by atoms with Gasteiger partial charge in [-0.1, -0.05) is 0 Å². The average molecular weight is 304 g/mol. The van der Waals surface area contributed by atoms with Crippen LogP contribution < -0.4 is 5.32 Å². The lowest BCUT2D eigenvalue weighted by atomic mass is 10.1. The monoisotopic (exact) mass is 304 g/mol. The molecule has 0 radical (unpaired) electrons. The van der Waals surface area contributed by atoms with Gasteiger partial charge in [0.2, 0.25) is 0 Å². The van der Waals surface area contributed by atoms with Crippen molar-refractivity contribution in [3.63, 3.8) is 0 Å². The standard InChI is InChI=1S/C15H16N2O5/c1-9-11(6-10(7-16-9)15(19)20)14(18)17-12(8-21-2)13-4-3-5-22-13/h3-7,12H,8H2,1-2H3,(H,17,18)(H,19,20). The van der Waals surface area contributed by atoms with Crippen LogP contribution in [0, 0.1) is 6.92 Å². The van der Waals surface area contributed by atoms with Crippen molar-refractivity contribution in [3.05, 3.63) is 53.2 Å². The van der Waals surface area contributed by atoms with Gasteiger partial charge in [-0.25, -0.2) is 4.79 Å². The number of aryl methyl sites for hydroxylation is 1. The van der Waals surface area contributed by atoms with E-state index in [4.69, 9.17) is 14.3 Å². The zero-order valence-corrected chi connectivity index (χ0v) is 12.2. The molecule has 0 saturated carbocycles. The van der Waals surface area contributed by atoms with E-state index in [9.17, 15) is 9.59 Å². The van der Waals surface area contributed by atoms with Crippen LogP contribution in [0.15, 0.2) is 35.1 Å². The Hall–Kier alpha value is -2.67. The van der Waals surface area contributed by atoms with Gasteiger partial charge in [0, 0.05) is 13.3 Å². The number of furan rings is 1. The number of hydrogen-bond donors (Lipinski definition) is 2. The fraction of sp³-hybridized carbons (Fsp3) is 0.267. The maximum Gasteiger partial charge on any atom is 0.337 e. The van der Waals surface area contributed by atoms with E-state index in [2.05, 4.69) is 10.3 Å². The molecule has 2 aromatic heterocycles. The maximum atomic E-state index is 12.4. The van der Waals surface area contributed by atoms with Crippen LogP contribution >= 0.6 is 0 Å². The van der Waals surface area contributed by atoms with E-state index in [1.807, 2.05) is 0 Å². The zero-order valence-electron chi connectivity index (χ0n) is 12.2. The van der Waals surface area contributed by atoms with Crippen LogP contribution in [0.5, 0.6) is 0 Å². The van der Waals surface area contributed by atoms with Crippen LogP contribution in [-0.4, -0.2) is 35.7 Å². The molecular weight excluding hydrogens is 288 g/mol. The molecule has 0 spiro atoms. The molecule has 0 bridgehead atoms. The molecule has 0 fully saturated rings. The van der Waals surface area contributed by atoms with Gasteiger partial charge in [0.15, 0.2) is 0 Å². The molecule has 7 heteroatoms. The number of nitrogens with one attached hydrogen (secondary N) is 1. The van der Waals surface area contributed by atoms with Crippen LogP contribution in [0.4, 0.5) is 0 Å². The number of ether oxygens (including phenoxy) is 1. The van der Waals surface area contributed by atoms with Gasteiger partial charge in [-0.05, 0) is 25.1 Å². The van der Waals surface area contributed by atoms with Crippen molar-refractivity contribution in [1.82, 2.24) is 10.3 Å². The van der Waals surface area contributed by atoms with Gasteiger partial charge in [0.1, 0.15) is 11.8 Å². The lowest BCUT2D eigenvalue weighted by Crippen LogP contribution is -2.31. The highest BCUT2D eigenvalue weighted by molar-refractivity contribution is 5.98. The molecule has 0 saturated heterocycles. The van der Waals surface area contributed by atoms with Crippen LogP contribution in [0.2, 0.25) is 0 Å². The second kappa shape index (κ2) is 6.86. The number of amides is 1. The number of carbonyl (C=O) groups excluding carboxylic acids is 1. The van der Waals surface area contributed by atoms with Crippen molar-refractivity contribution in [2.45, 2.75) is 13.0 Å². The van der Waals surface area contributed by atoms with Crippen molar-refractivity contribution in [2.75, 3.05) is 13.7 Å². The summed E-state index contributed by atoms with van der Waals surface area (Å²) in [4.78, 5) is 27.3. The van der Waals surface area contributed by atoms with E-state index in [0.717, 1.165) is 0 Å². The summed E-state index contributed by atoms with van der Waals surface area (Å²) in [5, 5.41) is 11.7. The van der Waals surface area contributed by atoms with E-state index in [1.54, 1.807) is 19.1 Å². The number of methoxy groups -OCH3 is 1. The predicted octanol–water partition coefficient (Wildman–Crippen LogP) is 1.80. The van der Waals surface area contributed by atoms with Gasteiger partial charge in [0.05, 0.1) is 29.7 Å². The van der Waals surface area contributed by atoms with Gasteiger partial charge < -0.3 is 19.6 Å². The Morgan fingerprint density at radius 2 is 2.27 bits per heavy atom. The molecule has 7 nitrogen and oxygen atoms in total. The third-order valence-corrected chi connectivity index (χ3v) is 3.10. The molecule has 2 N–H and O–H groups in total. The molecule has 1 amide bonds. The van der Waals surface area contributed by atoms with Gasteiger partial charge in [-0.2, -0.15) is 0 Å². The highest BCUT2D eigenvalue weighted by Crippen LogP contribution is 2.16.